The van der Waals surface area contributed by atoms with Crippen molar-refractivity contribution in [2.45, 2.75) is 65.0 Å². The first-order chi connectivity index (χ1) is 10.1. The van der Waals surface area contributed by atoms with Gasteiger partial charge in [0.2, 0.25) is 0 Å². The van der Waals surface area contributed by atoms with Crippen molar-refractivity contribution < 1.29 is 9.53 Å². The van der Waals surface area contributed by atoms with E-state index in [0.717, 1.165) is 24.8 Å². The molecule has 2 rings (SSSR count). The Morgan fingerprint density at radius 2 is 1.76 bits per heavy atom. The van der Waals surface area contributed by atoms with Crippen LogP contribution in [0.1, 0.15) is 52.9 Å². The van der Waals surface area contributed by atoms with Gasteiger partial charge in [-0.15, -0.1) is 0 Å². The van der Waals surface area contributed by atoms with Gasteiger partial charge in [-0.25, -0.2) is 0 Å². The summed E-state index contributed by atoms with van der Waals surface area (Å²) in [7, 11) is 0. The molecule has 0 aromatic rings. The molecule has 0 radical (unpaired) electrons. The monoisotopic (exact) mass is 296 g/mol. The molecule has 1 atom stereocenters. The van der Waals surface area contributed by atoms with Crippen LogP contribution in [0, 0.1) is 11.8 Å². The summed E-state index contributed by atoms with van der Waals surface area (Å²) < 4.78 is 5.20. The van der Waals surface area contributed by atoms with Crippen molar-refractivity contribution in [1.82, 2.24) is 10.2 Å². The van der Waals surface area contributed by atoms with Crippen LogP contribution in [0.5, 0.6) is 0 Å². The normalized spacial score (nSPS) is 20.0. The van der Waals surface area contributed by atoms with Crippen molar-refractivity contribution in [1.29, 1.82) is 0 Å². The summed E-state index contributed by atoms with van der Waals surface area (Å²) in [5, 5.41) is 3.36. The summed E-state index contributed by atoms with van der Waals surface area (Å²) in [5.41, 5.74) is 0. The summed E-state index contributed by atoms with van der Waals surface area (Å²) in [4.78, 5) is 14.6. The minimum absolute atomic E-state index is 0.0935. The molecule has 2 aliphatic carbocycles. The summed E-state index contributed by atoms with van der Waals surface area (Å²) >= 11 is 0. The Kier molecular flexibility index (Phi) is 6.49. The minimum Gasteiger partial charge on any atom is -0.465 e. The Morgan fingerprint density at radius 1 is 1.19 bits per heavy atom. The van der Waals surface area contributed by atoms with Crippen LogP contribution in [-0.2, 0) is 9.53 Å². The van der Waals surface area contributed by atoms with E-state index in [-0.39, 0.29) is 12.0 Å². The molecule has 0 saturated heterocycles. The van der Waals surface area contributed by atoms with Gasteiger partial charge in [0.1, 0.15) is 6.04 Å². The Labute approximate surface area is 129 Å². The van der Waals surface area contributed by atoms with Gasteiger partial charge >= 0.3 is 5.97 Å². The van der Waals surface area contributed by atoms with Crippen LogP contribution in [0.2, 0.25) is 0 Å². The number of hydrogen-bond acceptors (Lipinski definition) is 4. The second-order valence-corrected chi connectivity index (χ2v) is 7.06. The van der Waals surface area contributed by atoms with E-state index in [1.54, 1.807) is 0 Å². The van der Waals surface area contributed by atoms with E-state index < -0.39 is 0 Å². The predicted octanol–water partition coefficient (Wildman–Crippen LogP) is 2.43. The fourth-order valence-electron chi connectivity index (χ4n) is 2.81. The number of rotatable bonds is 11. The zero-order valence-corrected chi connectivity index (χ0v) is 13.9. The lowest BCUT2D eigenvalue weighted by Crippen LogP contribution is -2.44. The average molecular weight is 296 g/mol. The standard InChI is InChI=1S/C17H32N2O2/c1-4-21-17(20)16(18-13(2)3)9-10-19(11-14-5-6-14)12-15-7-8-15/h13-16,18H,4-12H2,1-3H3. The van der Waals surface area contributed by atoms with Crippen molar-refractivity contribution >= 4 is 5.97 Å². The molecule has 0 aromatic heterocycles. The third-order valence-corrected chi connectivity index (χ3v) is 4.27. The van der Waals surface area contributed by atoms with Gasteiger partial charge in [-0.1, -0.05) is 13.8 Å². The molecule has 0 aliphatic heterocycles. The van der Waals surface area contributed by atoms with Crippen LogP contribution in [0.25, 0.3) is 0 Å². The highest BCUT2D eigenvalue weighted by molar-refractivity contribution is 5.75. The molecular formula is C17H32N2O2. The van der Waals surface area contributed by atoms with Crippen LogP contribution in [0.15, 0.2) is 0 Å². The van der Waals surface area contributed by atoms with Crippen molar-refractivity contribution in [3.63, 3.8) is 0 Å². The lowest BCUT2D eigenvalue weighted by atomic mass is 10.1. The fourth-order valence-corrected chi connectivity index (χ4v) is 2.81. The Balaban J connectivity index is 1.79. The molecule has 0 spiro atoms. The van der Waals surface area contributed by atoms with Gasteiger partial charge < -0.3 is 15.0 Å². The van der Waals surface area contributed by atoms with Crippen molar-refractivity contribution in [2.24, 2.45) is 11.8 Å². The van der Waals surface area contributed by atoms with Gasteiger partial charge in [0.15, 0.2) is 0 Å². The Hall–Kier alpha value is -0.610. The number of esters is 1. The molecule has 0 amide bonds. The Morgan fingerprint density at radius 3 is 2.19 bits per heavy atom. The highest BCUT2D eigenvalue weighted by Gasteiger charge is 2.30. The number of hydrogen-bond donors (Lipinski definition) is 1. The van der Waals surface area contributed by atoms with Crippen LogP contribution in [-0.4, -0.2) is 49.2 Å². The van der Waals surface area contributed by atoms with Gasteiger partial charge in [-0.05, 0) is 50.9 Å². The summed E-state index contributed by atoms with van der Waals surface area (Å²) in [6, 6.07) is 0.144. The number of carbonyl (C=O) groups excluding carboxylic acids is 1. The molecule has 4 heteroatoms. The molecule has 21 heavy (non-hydrogen) atoms. The van der Waals surface area contributed by atoms with Crippen molar-refractivity contribution in [3.05, 3.63) is 0 Å². The number of ether oxygens (including phenoxy) is 1. The van der Waals surface area contributed by atoms with E-state index >= 15 is 0 Å². The summed E-state index contributed by atoms with van der Waals surface area (Å²) in [6.45, 7) is 9.97. The van der Waals surface area contributed by atoms with Crippen LogP contribution in [0.4, 0.5) is 0 Å². The van der Waals surface area contributed by atoms with Crippen LogP contribution >= 0.6 is 0 Å². The quantitative estimate of drug-likeness (QED) is 0.595. The highest BCUT2D eigenvalue weighted by atomic mass is 16.5. The molecule has 0 aromatic carbocycles. The van der Waals surface area contributed by atoms with Gasteiger partial charge in [0.05, 0.1) is 6.61 Å². The molecule has 2 fully saturated rings. The molecular weight excluding hydrogens is 264 g/mol. The lowest BCUT2D eigenvalue weighted by Gasteiger charge is -2.26. The highest BCUT2D eigenvalue weighted by Crippen LogP contribution is 2.33. The summed E-state index contributed by atoms with van der Waals surface area (Å²) in [6.07, 6.45) is 6.44. The second kappa shape index (κ2) is 8.14. The molecule has 4 nitrogen and oxygen atoms in total. The minimum atomic E-state index is -0.161. The topological polar surface area (TPSA) is 41.6 Å². The van der Waals surface area contributed by atoms with E-state index in [0.29, 0.717) is 12.6 Å². The average Bonchev–Trinajstić information content (AvgIpc) is 3.29. The first-order valence-corrected chi connectivity index (χ1v) is 8.73. The van der Waals surface area contributed by atoms with Crippen molar-refractivity contribution in [2.75, 3.05) is 26.2 Å². The summed E-state index contributed by atoms with van der Waals surface area (Å²) in [5.74, 6) is 1.75. The number of nitrogens with one attached hydrogen (secondary N) is 1. The van der Waals surface area contributed by atoms with E-state index in [1.807, 2.05) is 6.92 Å². The maximum absolute atomic E-state index is 12.1. The van der Waals surface area contributed by atoms with E-state index in [4.69, 9.17) is 4.74 Å². The van der Waals surface area contributed by atoms with Gasteiger partial charge in [-0.2, -0.15) is 0 Å². The zero-order valence-electron chi connectivity index (χ0n) is 13.9. The van der Waals surface area contributed by atoms with Crippen LogP contribution in [0.3, 0.4) is 0 Å². The Bertz CT molecular complexity index is 311. The molecule has 1 unspecified atom stereocenters. The molecule has 2 aliphatic rings. The van der Waals surface area contributed by atoms with Crippen molar-refractivity contribution in [3.8, 4) is 0 Å². The molecule has 1 N–H and O–H groups in total. The maximum Gasteiger partial charge on any atom is 0.323 e. The maximum atomic E-state index is 12.1. The molecule has 122 valence electrons. The number of nitrogens with zero attached hydrogens (tertiary/aromatic N) is 1. The van der Waals surface area contributed by atoms with E-state index in [2.05, 4.69) is 24.1 Å². The third kappa shape index (κ3) is 6.79. The second-order valence-electron chi connectivity index (χ2n) is 7.06. The molecule has 0 bridgehead atoms. The van der Waals surface area contributed by atoms with E-state index in [1.165, 1.54) is 38.8 Å². The smallest absolute Gasteiger partial charge is 0.323 e. The van der Waals surface area contributed by atoms with Gasteiger partial charge in [-0.3, -0.25) is 4.79 Å². The first-order valence-electron chi connectivity index (χ1n) is 8.73. The van der Waals surface area contributed by atoms with Gasteiger partial charge in [0.25, 0.3) is 0 Å². The first kappa shape index (κ1) is 16.8. The number of carbonyl (C=O) groups is 1. The van der Waals surface area contributed by atoms with Crippen LogP contribution < -0.4 is 5.32 Å². The molecule has 2 saturated carbocycles. The lowest BCUT2D eigenvalue weighted by molar-refractivity contribution is -0.146. The van der Waals surface area contributed by atoms with E-state index in [9.17, 15) is 4.79 Å². The third-order valence-electron chi connectivity index (χ3n) is 4.27. The fraction of sp³-hybridized carbons (Fsp3) is 0.941. The SMILES string of the molecule is CCOC(=O)C(CCN(CC1CC1)CC1CC1)NC(C)C. The predicted molar refractivity (Wildman–Crippen MR) is 85.2 cm³/mol. The van der Waals surface area contributed by atoms with Gasteiger partial charge in [0, 0.05) is 25.7 Å². The largest absolute Gasteiger partial charge is 0.465 e. The molecule has 0 heterocycles. The zero-order chi connectivity index (χ0) is 15.2.